The van der Waals surface area contributed by atoms with Gasteiger partial charge in [0, 0.05) is 44.2 Å². The number of phenols is 2. The number of ether oxygens (including phenoxy) is 1. The van der Waals surface area contributed by atoms with Crippen molar-refractivity contribution in [1.29, 1.82) is 0 Å². The highest BCUT2D eigenvalue weighted by Gasteiger charge is 2.33. The number of hydrogen-bond acceptors (Lipinski definition) is 6. The Labute approximate surface area is 122 Å². The molecule has 0 spiro atoms. The van der Waals surface area contributed by atoms with E-state index >= 15 is 0 Å². The van der Waals surface area contributed by atoms with E-state index in [-0.39, 0.29) is 11.5 Å². The van der Waals surface area contributed by atoms with E-state index in [0.29, 0.717) is 22.5 Å². The van der Waals surface area contributed by atoms with Gasteiger partial charge >= 0.3 is 5.97 Å². The third-order valence-electron chi connectivity index (χ3n) is 3.66. The van der Waals surface area contributed by atoms with Gasteiger partial charge in [0.05, 0.1) is 17.6 Å². The van der Waals surface area contributed by atoms with Gasteiger partial charge in [-0.05, 0) is 13.0 Å². The van der Waals surface area contributed by atoms with E-state index in [1.807, 2.05) is 9.80 Å². The van der Waals surface area contributed by atoms with Crippen molar-refractivity contribution < 1.29 is 19.7 Å². The second kappa shape index (κ2) is 4.87. The van der Waals surface area contributed by atoms with Gasteiger partial charge < -0.3 is 24.7 Å². The second-order valence-electron chi connectivity index (χ2n) is 5.32. The quantitative estimate of drug-likeness (QED) is 0.380. The highest BCUT2D eigenvalue weighted by Crippen LogP contribution is 2.50. The summed E-state index contributed by atoms with van der Waals surface area (Å²) in [6.07, 6.45) is 2.77. The van der Waals surface area contributed by atoms with Crippen molar-refractivity contribution in [2.24, 2.45) is 0 Å². The minimum atomic E-state index is -0.429. The molecule has 0 amide bonds. The zero-order valence-corrected chi connectivity index (χ0v) is 12.1. The zero-order valence-electron chi connectivity index (χ0n) is 12.1. The van der Waals surface area contributed by atoms with Gasteiger partial charge in [-0.3, -0.25) is 4.79 Å². The fraction of sp³-hybridized carbons (Fsp3) is 0.400. The monoisotopic (exact) mass is 290 g/mol. The first-order valence-corrected chi connectivity index (χ1v) is 6.93. The van der Waals surface area contributed by atoms with E-state index < -0.39 is 5.97 Å². The van der Waals surface area contributed by atoms with E-state index in [0.717, 1.165) is 26.2 Å². The molecule has 3 rings (SSSR count). The van der Waals surface area contributed by atoms with Crippen molar-refractivity contribution in [3.05, 3.63) is 17.4 Å². The van der Waals surface area contributed by atoms with E-state index in [1.165, 1.54) is 19.3 Å². The SMILES string of the molecule is CC(=O)O/C=C/c1c(O)c(N2CC2)c(C)c(O)c1N1CC1. The molecule has 0 atom stereocenters. The van der Waals surface area contributed by atoms with Crippen LogP contribution in [0.15, 0.2) is 6.26 Å². The molecule has 0 unspecified atom stereocenters. The first kappa shape index (κ1) is 13.6. The van der Waals surface area contributed by atoms with Crippen LogP contribution in [-0.2, 0) is 9.53 Å². The molecule has 2 N–H and O–H groups in total. The lowest BCUT2D eigenvalue weighted by atomic mass is 10.0. The summed E-state index contributed by atoms with van der Waals surface area (Å²) in [6.45, 7) is 6.51. The summed E-state index contributed by atoms with van der Waals surface area (Å²) >= 11 is 0. The fourth-order valence-electron chi connectivity index (χ4n) is 2.44. The number of nitrogens with zero attached hydrogens (tertiary/aromatic N) is 2. The normalized spacial score (nSPS) is 16.5. The van der Waals surface area contributed by atoms with Crippen LogP contribution < -0.4 is 9.80 Å². The lowest BCUT2D eigenvalue weighted by Gasteiger charge is -2.19. The van der Waals surface area contributed by atoms with E-state index in [4.69, 9.17) is 4.74 Å². The molecule has 2 saturated heterocycles. The van der Waals surface area contributed by atoms with Gasteiger partial charge in [0.1, 0.15) is 11.5 Å². The Morgan fingerprint density at radius 1 is 1.10 bits per heavy atom. The number of rotatable bonds is 4. The van der Waals surface area contributed by atoms with Crippen LogP contribution in [0.2, 0.25) is 0 Å². The van der Waals surface area contributed by atoms with Gasteiger partial charge in [-0.1, -0.05) is 0 Å². The molecule has 0 bridgehead atoms. The summed E-state index contributed by atoms with van der Waals surface area (Å²) in [5.74, 6) is -0.135. The summed E-state index contributed by atoms with van der Waals surface area (Å²) in [4.78, 5) is 14.8. The number of carbonyl (C=O) groups excluding carboxylic acids is 1. The van der Waals surface area contributed by atoms with Gasteiger partial charge in [-0.15, -0.1) is 0 Å². The van der Waals surface area contributed by atoms with Gasteiger partial charge in [0.2, 0.25) is 0 Å². The Balaban J connectivity index is 2.10. The van der Waals surface area contributed by atoms with E-state index in [1.54, 1.807) is 6.92 Å². The number of phenolic OH excluding ortho intramolecular Hbond substituents is 2. The molecule has 0 saturated carbocycles. The molecular weight excluding hydrogens is 272 g/mol. The minimum Gasteiger partial charge on any atom is -0.505 e. The van der Waals surface area contributed by atoms with Gasteiger partial charge in [0.25, 0.3) is 0 Å². The van der Waals surface area contributed by atoms with Crippen LogP contribution in [0.4, 0.5) is 11.4 Å². The van der Waals surface area contributed by atoms with Gasteiger partial charge in [0.15, 0.2) is 0 Å². The molecule has 6 heteroatoms. The predicted octanol–water partition coefficient (Wildman–Crippen LogP) is 1.58. The number of anilines is 2. The number of aromatic hydroxyl groups is 2. The number of benzene rings is 1. The predicted molar refractivity (Wildman–Crippen MR) is 79.7 cm³/mol. The average Bonchev–Trinajstić information content (AvgIpc) is 3.27. The van der Waals surface area contributed by atoms with Crippen molar-refractivity contribution in [3.8, 4) is 11.5 Å². The fourth-order valence-corrected chi connectivity index (χ4v) is 2.44. The maximum atomic E-state index is 10.9. The first-order valence-electron chi connectivity index (χ1n) is 6.93. The molecule has 2 aliphatic heterocycles. The summed E-state index contributed by atoms with van der Waals surface area (Å²) in [7, 11) is 0. The summed E-state index contributed by atoms with van der Waals surface area (Å²) < 4.78 is 4.80. The molecule has 2 aliphatic rings. The maximum absolute atomic E-state index is 10.9. The highest BCUT2D eigenvalue weighted by atomic mass is 16.5. The molecule has 2 heterocycles. The van der Waals surface area contributed by atoms with Crippen LogP contribution in [-0.4, -0.2) is 42.4 Å². The Kier molecular flexibility index (Phi) is 3.16. The summed E-state index contributed by atoms with van der Waals surface area (Å²) in [5, 5.41) is 21.0. The van der Waals surface area contributed by atoms with Crippen LogP contribution >= 0.6 is 0 Å². The van der Waals surface area contributed by atoms with Crippen molar-refractivity contribution in [2.75, 3.05) is 36.0 Å². The van der Waals surface area contributed by atoms with E-state index in [2.05, 4.69) is 0 Å². The van der Waals surface area contributed by atoms with Crippen molar-refractivity contribution in [3.63, 3.8) is 0 Å². The molecule has 1 aromatic rings. The van der Waals surface area contributed by atoms with Crippen LogP contribution in [0.25, 0.3) is 6.08 Å². The Morgan fingerprint density at radius 2 is 1.67 bits per heavy atom. The summed E-state index contributed by atoms with van der Waals surface area (Å²) in [5.41, 5.74) is 2.41. The second-order valence-corrected chi connectivity index (χ2v) is 5.32. The highest BCUT2D eigenvalue weighted by molar-refractivity contribution is 5.89. The zero-order chi connectivity index (χ0) is 15.1. The third kappa shape index (κ3) is 2.49. The molecule has 0 radical (unpaired) electrons. The molecule has 6 nitrogen and oxygen atoms in total. The third-order valence-corrected chi connectivity index (χ3v) is 3.66. The smallest absolute Gasteiger partial charge is 0.307 e. The Morgan fingerprint density at radius 3 is 2.19 bits per heavy atom. The number of carbonyl (C=O) groups is 1. The molecule has 0 aliphatic carbocycles. The molecule has 2 fully saturated rings. The lowest BCUT2D eigenvalue weighted by Crippen LogP contribution is -2.02. The maximum Gasteiger partial charge on any atom is 0.307 e. The molecule has 1 aromatic carbocycles. The number of hydrogen-bond donors (Lipinski definition) is 2. The minimum absolute atomic E-state index is 0.119. The summed E-state index contributed by atoms with van der Waals surface area (Å²) in [6, 6.07) is 0. The topological polar surface area (TPSA) is 72.8 Å². The Hall–Kier alpha value is -2.37. The van der Waals surface area contributed by atoms with Crippen LogP contribution in [0.1, 0.15) is 18.1 Å². The standard InChI is InChI=1S/C15H18N2O4/c1-9-12(16-4-5-16)15(20)11(3-8-21-10(2)18)13(14(9)19)17-6-7-17/h3,8,19-20H,4-7H2,1-2H3/b8-3+. The van der Waals surface area contributed by atoms with Crippen LogP contribution in [0.3, 0.4) is 0 Å². The average molecular weight is 290 g/mol. The molecular formula is C15H18N2O4. The van der Waals surface area contributed by atoms with Crippen LogP contribution in [0, 0.1) is 6.92 Å². The van der Waals surface area contributed by atoms with Gasteiger partial charge in [-0.25, -0.2) is 0 Å². The lowest BCUT2D eigenvalue weighted by molar-refractivity contribution is -0.135. The van der Waals surface area contributed by atoms with Crippen molar-refractivity contribution in [1.82, 2.24) is 0 Å². The molecule has 0 aromatic heterocycles. The molecule has 112 valence electrons. The van der Waals surface area contributed by atoms with E-state index in [9.17, 15) is 15.0 Å². The van der Waals surface area contributed by atoms with Crippen molar-refractivity contribution >= 4 is 23.4 Å². The van der Waals surface area contributed by atoms with Crippen molar-refractivity contribution in [2.45, 2.75) is 13.8 Å². The number of esters is 1. The molecule has 21 heavy (non-hydrogen) atoms. The first-order chi connectivity index (χ1) is 10.0. The van der Waals surface area contributed by atoms with Crippen LogP contribution in [0.5, 0.6) is 11.5 Å². The van der Waals surface area contributed by atoms with Gasteiger partial charge in [-0.2, -0.15) is 0 Å². The Bertz CT molecular complexity index is 631. The largest absolute Gasteiger partial charge is 0.505 e.